The van der Waals surface area contributed by atoms with Crippen molar-refractivity contribution in [1.82, 2.24) is 9.62 Å². The minimum Gasteiger partial charge on any atom is -0.494 e. The summed E-state index contributed by atoms with van der Waals surface area (Å²) in [5, 5.41) is 0. The first-order valence-electron chi connectivity index (χ1n) is 7.86. The number of nitrogens with one attached hydrogen (secondary N) is 1. The van der Waals surface area contributed by atoms with Gasteiger partial charge in [-0.2, -0.15) is 0 Å². The highest BCUT2D eigenvalue weighted by Gasteiger charge is 2.21. The van der Waals surface area contributed by atoms with Crippen molar-refractivity contribution in [3.05, 3.63) is 48.4 Å². The molecule has 7 heteroatoms. The third-order valence-corrected chi connectivity index (χ3v) is 5.01. The molecule has 1 aromatic heterocycles. The number of benzene rings is 1. The zero-order valence-corrected chi connectivity index (χ0v) is 15.0. The number of rotatable bonds is 9. The van der Waals surface area contributed by atoms with E-state index in [1.807, 2.05) is 32.0 Å². The molecule has 0 saturated carbocycles. The Morgan fingerprint density at radius 2 is 1.92 bits per heavy atom. The van der Waals surface area contributed by atoms with Crippen LogP contribution in [-0.2, 0) is 10.0 Å². The summed E-state index contributed by atoms with van der Waals surface area (Å²) < 4.78 is 38.4. The molecule has 0 spiro atoms. The van der Waals surface area contributed by atoms with Crippen molar-refractivity contribution in [3.8, 4) is 5.75 Å². The minimum absolute atomic E-state index is 0.179. The van der Waals surface area contributed by atoms with Crippen LogP contribution in [-0.4, -0.2) is 40.6 Å². The number of hydrogen-bond donors (Lipinski definition) is 1. The second-order valence-electron chi connectivity index (χ2n) is 5.67. The molecule has 0 saturated heterocycles. The summed E-state index contributed by atoms with van der Waals surface area (Å²) in [7, 11) is 0.162. The van der Waals surface area contributed by atoms with Gasteiger partial charge in [0.2, 0.25) is 10.0 Å². The van der Waals surface area contributed by atoms with Crippen molar-refractivity contribution in [3.63, 3.8) is 0 Å². The lowest BCUT2D eigenvalue weighted by atomic mass is 10.2. The standard InChI is InChI=1S/C17H24N2O4S/c1-4-11-22-14-7-9-15(10-8-14)24(20,21)18-13-16(19(2)3)17-6-5-12-23-17/h5-10,12,16,18H,4,11,13H2,1-3H3. The highest BCUT2D eigenvalue weighted by molar-refractivity contribution is 7.89. The predicted molar refractivity (Wildman–Crippen MR) is 92.6 cm³/mol. The molecule has 0 radical (unpaired) electrons. The molecule has 0 amide bonds. The van der Waals surface area contributed by atoms with Gasteiger partial charge in [0, 0.05) is 6.54 Å². The molecule has 1 N–H and O–H groups in total. The smallest absolute Gasteiger partial charge is 0.240 e. The van der Waals surface area contributed by atoms with E-state index in [-0.39, 0.29) is 17.5 Å². The van der Waals surface area contributed by atoms with E-state index in [9.17, 15) is 8.42 Å². The highest BCUT2D eigenvalue weighted by atomic mass is 32.2. The number of nitrogens with zero attached hydrogens (tertiary/aromatic N) is 1. The van der Waals surface area contributed by atoms with E-state index in [0.29, 0.717) is 18.1 Å². The van der Waals surface area contributed by atoms with Gasteiger partial charge >= 0.3 is 0 Å². The number of likely N-dealkylation sites (N-methyl/N-ethyl adjacent to an activating group) is 1. The van der Waals surface area contributed by atoms with Gasteiger partial charge in [-0.3, -0.25) is 4.90 Å². The van der Waals surface area contributed by atoms with Gasteiger partial charge in [-0.05, 0) is 56.9 Å². The zero-order valence-electron chi connectivity index (χ0n) is 14.2. The van der Waals surface area contributed by atoms with Crippen molar-refractivity contribution in [2.24, 2.45) is 0 Å². The van der Waals surface area contributed by atoms with Gasteiger partial charge in [0.05, 0.1) is 23.8 Å². The van der Waals surface area contributed by atoms with E-state index in [1.54, 1.807) is 36.6 Å². The summed E-state index contributed by atoms with van der Waals surface area (Å²) in [5.41, 5.74) is 0. The summed E-state index contributed by atoms with van der Waals surface area (Å²) in [5.74, 6) is 1.38. The maximum absolute atomic E-state index is 12.5. The Hall–Kier alpha value is -1.83. The molecule has 1 unspecified atom stereocenters. The molecule has 2 rings (SSSR count). The SMILES string of the molecule is CCCOc1ccc(S(=O)(=O)NCC(c2ccco2)N(C)C)cc1. The molecule has 0 aliphatic carbocycles. The van der Waals surface area contributed by atoms with Gasteiger partial charge < -0.3 is 9.15 Å². The lowest BCUT2D eigenvalue weighted by molar-refractivity contribution is 0.259. The summed E-state index contributed by atoms with van der Waals surface area (Å²) >= 11 is 0. The fourth-order valence-electron chi connectivity index (χ4n) is 2.23. The van der Waals surface area contributed by atoms with E-state index >= 15 is 0 Å². The first-order chi connectivity index (χ1) is 11.4. The summed E-state index contributed by atoms with van der Waals surface area (Å²) in [4.78, 5) is 2.12. The maximum atomic E-state index is 12.5. The molecule has 0 fully saturated rings. The Bertz CT molecular complexity index is 710. The summed E-state index contributed by atoms with van der Waals surface area (Å²) in [6.45, 7) is 2.85. The van der Waals surface area contributed by atoms with Crippen LogP contribution in [0.3, 0.4) is 0 Å². The Kier molecular flexibility index (Phi) is 6.42. The van der Waals surface area contributed by atoms with Crippen LogP contribution in [0.15, 0.2) is 52.0 Å². The van der Waals surface area contributed by atoms with Crippen molar-refractivity contribution in [2.45, 2.75) is 24.3 Å². The molecule has 0 aliphatic rings. The first kappa shape index (κ1) is 18.5. The lowest BCUT2D eigenvalue weighted by Gasteiger charge is -2.22. The molecule has 24 heavy (non-hydrogen) atoms. The quantitative estimate of drug-likeness (QED) is 0.751. The van der Waals surface area contributed by atoms with Crippen LogP contribution in [0.2, 0.25) is 0 Å². The molecular formula is C17H24N2O4S. The number of ether oxygens (including phenoxy) is 1. The van der Waals surface area contributed by atoms with E-state index in [4.69, 9.17) is 9.15 Å². The molecule has 1 aromatic carbocycles. The molecular weight excluding hydrogens is 328 g/mol. The van der Waals surface area contributed by atoms with Crippen LogP contribution in [0.4, 0.5) is 0 Å². The fourth-order valence-corrected chi connectivity index (χ4v) is 3.26. The van der Waals surface area contributed by atoms with Crippen LogP contribution in [0.5, 0.6) is 5.75 Å². The van der Waals surface area contributed by atoms with Crippen LogP contribution >= 0.6 is 0 Å². The molecule has 1 heterocycles. The fraction of sp³-hybridized carbons (Fsp3) is 0.412. The predicted octanol–water partition coefficient (Wildman–Crippen LogP) is 2.65. The van der Waals surface area contributed by atoms with Crippen molar-refractivity contribution >= 4 is 10.0 Å². The van der Waals surface area contributed by atoms with Crippen molar-refractivity contribution in [1.29, 1.82) is 0 Å². The van der Waals surface area contributed by atoms with E-state index in [1.165, 1.54) is 0 Å². The zero-order chi connectivity index (χ0) is 17.6. The number of sulfonamides is 1. The Morgan fingerprint density at radius 1 is 1.21 bits per heavy atom. The second-order valence-corrected chi connectivity index (χ2v) is 7.43. The molecule has 0 aliphatic heterocycles. The average Bonchev–Trinajstić information content (AvgIpc) is 3.07. The molecule has 132 valence electrons. The molecule has 6 nitrogen and oxygen atoms in total. The Labute approximate surface area is 143 Å². The number of furan rings is 1. The normalized spacial score (nSPS) is 13.2. The summed E-state index contributed by atoms with van der Waals surface area (Å²) in [6, 6.07) is 9.87. The van der Waals surface area contributed by atoms with Gasteiger partial charge in [0.15, 0.2) is 0 Å². The molecule has 1 atom stereocenters. The monoisotopic (exact) mass is 352 g/mol. The van der Waals surface area contributed by atoms with Gasteiger partial charge in [0.25, 0.3) is 0 Å². The van der Waals surface area contributed by atoms with E-state index < -0.39 is 10.0 Å². The largest absolute Gasteiger partial charge is 0.494 e. The van der Waals surface area contributed by atoms with Crippen molar-refractivity contribution < 1.29 is 17.6 Å². The third-order valence-electron chi connectivity index (χ3n) is 3.57. The Balaban J connectivity index is 2.04. The van der Waals surface area contributed by atoms with Gasteiger partial charge in [-0.1, -0.05) is 6.92 Å². The summed E-state index contributed by atoms with van der Waals surface area (Å²) in [6.07, 6.45) is 2.48. The molecule has 0 bridgehead atoms. The van der Waals surface area contributed by atoms with E-state index in [2.05, 4.69) is 4.72 Å². The van der Waals surface area contributed by atoms with Gasteiger partial charge in [-0.25, -0.2) is 13.1 Å². The van der Waals surface area contributed by atoms with Crippen LogP contribution in [0.25, 0.3) is 0 Å². The maximum Gasteiger partial charge on any atom is 0.240 e. The van der Waals surface area contributed by atoms with Crippen LogP contribution < -0.4 is 9.46 Å². The lowest BCUT2D eigenvalue weighted by Crippen LogP contribution is -2.34. The topological polar surface area (TPSA) is 71.8 Å². The third kappa shape index (κ3) is 4.83. The average molecular weight is 352 g/mol. The second kappa shape index (κ2) is 8.32. The van der Waals surface area contributed by atoms with Crippen molar-refractivity contribution in [2.75, 3.05) is 27.2 Å². The highest BCUT2D eigenvalue weighted by Crippen LogP contribution is 2.20. The van der Waals surface area contributed by atoms with Crippen LogP contribution in [0, 0.1) is 0 Å². The van der Waals surface area contributed by atoms with Crippen LogP contribution in [0.1, 0.15) is 25.1 Å². The van der Waals surface area contributed by atoms with Gasteiger partial charge in [-0.15, -0.1) is 0 Å². The van der Waals surface area contributed by atoms with E-state index in [0.717, 1.165) is 6.42 Å². The Morgan fingerprint density at radius 3 is 2.46 bits per heavy atom. The van der Waals surface area contributed by atoms with Gasteiger partial charge in [0.1, 0.15) is 11.5 Å². The molecule has 2 aromatic rings. The first-order valence-corrected chi connectivity index (χ1v) is 9.34. The number of hydrogen-bond acceptors (Lipinski definition) is 5. The minimum atomic E-state index is -3.59.